The minimum atomic E-state index is -2.66. The Hall–Kier alpha value is -1.84. The molecule has 0 spiro atoms. The molecule has 2 aromatic heterocycles. The van der Waals surface area contributed by atoms with Gasteiger partial charge in [-0.15, -0.1) is 11.3 Å². The van der Waals surface area contributed by atoms with E-state index in [0.29, 0.717) is 23.2 Å². The summed E-state index contributed by atoms with van der Waals surface area (Å²) >= 11 is 1.28. The zero-order valence-corrected chi connectivity index (χ0v) is 15.8. The van der Waals surface area contributed by atoms with Gasteiger partial charge in [-0.3, -0.25) is 4.79 Å². The lowest BCUT2D eigenvalue weighted by Gasteiger charge is -2.27. The van der Waals surface area contributed by atoms with E-state index in [-0.39, 0.29) is 11.6 Å². The summed E-state index contributed by atoms with van der Waals surface area (Å²) in [5.41, 5.74) is 5.96. The molecule has 1 amide bonds. The SMILES string of the molecule is CC1(C)C(CN)CCS1(=O)=NC(=O)c1csc(Nc2ccccn2)n1. The second-order valence-electron chi connectivity index (χ2n) is 6.44. The number of aromatic nitrogens is 2. The van der Waals surface area contributed by atoms with Gasteiger partial charge in [0.1, 0.15) is 11.5 Å². The van der Waals surface area contributed by atoms with Crippen LogP contribution >= 0.6 is 11.3 Å². The molecule has 3 N–H and O–H groups in total. The molecule has 25 heavy (non-hydrogen) atoms. The van der Waals surface area contributed by atoms with E-state index in [1.54, 1.807) is 17.6 Å². The molecule has 0 aromatic carbocycles. The lowest BCUT2D eigenvalue weighted by atomic mass is 9.93. The largest absolute Gasteiger partial charge is 0.330 e. The van der Waals surface area contributed by atoms with Crippen LogP contribution in [0.25, 0.3) is 0 Å². The van der Waals surface area contributed by atoms with Crippen molar-refractivity contribution in [2.45, 2.75) is 25.0 Å². The first kappa shape index (κ1) is 18.0. The number of nitrogens with zero attached hydrogens (tertiary/aromatic N) is 3. The first-order chi connectivity index (χ1) is 11.9. The molecule has 2 aromatic rings. The molecule has 1 aliphatic rings. The highest BCUT2D eigenvalue weighted by atomic mass is 32.2. The van der Waals surface area contributed by atoms with Gasteiger partial charge < -0.3 is 11.1 Å². The van der Waals surface area contributed by atoms with E-state index >= 15 is 0 Å². The fourth-order valence-electron chi connectivity index (χ4n) is 2.89. The summed E-state index contributed by atoms with van der Waals surface area (Å²) in [5.74, 6) is 0.604. The maximum atomic E-state index is 13.2. The van der Waals surface area contributed by atoms with Crippen molar-refractivity contribution >= 4 is 37.9 Å². The number of carbonyl (C=O) groups is 1. The molecule has 3 heterocycles. The highest BCUT2D eigenvalue weighted by Crippen LogP contribution is 2.38. The molecule has 0 bridgehead atoms. The van der Waals surface area contributed by atoms with Crippen molar-refractivity contribution in [3.8, 4) is 0 Å². The summed E-state index contributed by atoms with van der Waals surface area (Å²) in [6.45, 7) is 4.21. The van der Waals surface area contributed by atoms with Crippen LogP contribution in [0.4, 0.5) is 10.9 Å². The van der Waals surface area contributed by atoms with E-state index in [2.05, 4.69) is 19.6 Å². The number of rotatable bonds is 4. The van der Waals surface area contributed by atoms with Crippen LogP contribution in [0.15, 0.2) is 34.1 Å². The highest BCUT2D eigenvalue weighted by molar-refractivity contribution is 7.95. The van der Waals surface area contributed by atoms with Gasteiger partial charge in [0.05, 0.1) is 14.5 Å². The van der Waals surface area contributed by atoms with E-state index in [1.165, 1.54) is 11.3 Å². The van der Waals surface area contributed by atoms with Gasteiger partial charge in [0.25, 0.3) is 0 Å². The van der Waals surface area contributed by atoms with E-state index in [4.69, 9.17) is 5.73 Å². The second kappa shape index (κ2) is 6.81. The molecule has 1 aliphatic heterocycles. The van der Waals surface area contributed by atoms with Crippen molar-refractivity contribution in [3.63, 3.8) is 0 Å². The fourth-order valence-corrected chi connectivity index (χ4v) is 6.14. The van der Waals surface area contributed by atoms with Crippen molar-refractivity contribution < 1.29 is 9.00 Å². The fraction of sp³-hybridized carbons (Fsp3) is 0.438. The summed E-state index contributed by atoms with van der Waals surface area (Å²) < 4.78 is 16.7. The van der Waals surface area contributed by atoms with Gasteiger partial charge >= 0.3 is 5.91 Å². The molecule has 0 aliphatic carbocycles. The van der Waals surface area contributed by atoms with Gasteiger partial charge in [-0.1, -0.05) is 6.07 Å². The van der Waals surface area contributed by atoms with Crippen LogP contribution in [0.2, 0.25) is 0 Å². The predicted octanol–water partition coefficient (Wildman–Crippen LogP) is 2.65. The third-order valence-corrected chi connectivity index (χ3v) is 8.67. The Labute approximate surface area is 151 Å². The molecule has 9 heteroatoms. The Bertz CT molecular complexity index is 885. The molecular formula is C16H21N5O2S2. The summed E-state index contributed by atoms with van der Waals surface area (Å²) in [7, 11) is -2.66. The van der Waals surface area contributed by atoms with Gasteiger partial charge in [-0.05, 0) is 44.9 Å². The third-order valence-electron chi connectivity index (χ3n) is 4.69. The number of thiazole rings is 1. The molecule has 1 saturated heterocycles. The standard InChI is InChI=1S/C16H21N5O2S2/c1-16(2)11(9-17)6-8-25(16,23)21-14(22)12-10-24-15(19-12)20-13-5-3-4-7-18-13/h3-5,7,10-11H,6,8-9,17H2,1-2H3,(H,18,19,20). The quantitative estimate of drug-likeness (QED) is 0.845. The second-order valence-corrected chi connectivity index (χ2v) is 10.2. The number of hydrogen-bond donors (Lipinski definition) is 2. The lowest BCUT2D eigenvalue weighted by Crippen LogP contribution is -2.37. The topological polar surface area (TPSA) is 110 Å². The lowest BCUT2D eigenvalue weighted by molar-refractivity contribution is 0.100. The molecule has 0 saturated carbocycles. The monoisotopic (exact) mass is 379 g/mol. The van der Waals surface area contributed by atoms with Crippen LogP contribution in [0.5, 0.6) is 0 Å². The average Bonchev–Trinajstić information content (AvgIpc) is 3.12. The van der Waals surface area contributed by atoms with Gasteiger partial charge in [-0.2, -0.15) is 4.36 Å². The Morgan fingerprint density at radius 2 is 2.32 bits per heavy atom. The number of amides is 1. The van der Waals surface area contributed by atoms with Crippen LogP contribution in [0.1, 0.15) is 30.8 Å². The zero-order valence-electron chi connectivity index (χ0n) is 14.1. The van der Waals surface area contributed by atoms with Crippen molar-refractivity contribution in [2.75, 3.05) is 17.6 Å². The molecule has 0 radical (unpaired) electrons. The maximum Gasteiger partial charge on any atom is 0.304 e. The number of anilines is 2. The summed E-state index contributed by atoms with van der Waals surface area (Å²) in [5, 5.41) is 5.18. The predicted molar refractivity (Wildman–Crippen MR) is 101 cm³/mol. The average molecular weight is 380 g/mol. The first-order valence-electron chi connectivity index (χ1n) is 7.98. The molecular weight excluding hydrogens is 358 g/mol. The van der Waals surface area contributed by atoms with Gasteiger partial charge in [0, 0.05) is 17.3 Å². The van der Waals surface area contributed by atoms with E-state index in [1.807, 2.05) is 26.0 Å². The molecule has 2 atom stereocenters. The van der Waals surface area contributed by atoms with Crippen LogP contribution < -0.4 is 11.1 Å². The number of hydrogen-bond acceptors (Lipinski definition) is 7. The summed E-state index contributed by atoms with van der Waals surface area (Å²) in [6.07, 6.45) is 2.39. The summed E-state index contributed by atoms with van der Waals surface area (Å²) in [4.78, 5) is 20.9. The number of nitrogens with two attached hydrogens (primary N) is 1. The smallest absolute Gasteiger partial charge is 0.304 e. The molecule has 7 nitrogen and oxygen atoms in total. The van der Waals surface area contributed by atoms with Crippen molar-refractivity contribution in [2.24, 2.45) is 16.0 Å². The molecule has 3 rings (SSSR count). The third kappa shape index (κ3) is 3.44. The van der Waals surface area contributed by atoms with Gasteiger partial charge in [0.2, 0.25) is 0 Å². The van der Waals surface area contributed by atoms with E-state index in [0.717, 1.165) is 6.42 Å². The van der Waals surface area contributed by atoms with E-state index < -0.39 is 20.4 Å². The minimum absolute atomic E-state index is 0.105. The van der Waals surface area contributed by atoms with Crippen molar-refractivity contribution in [1.82, 2.24) is 9.97 Å². The Kier molecular flexibility index (Phi) is 4.90. The Morgan fingerprint density at radius 1 is 1.52 bits per heavy atom. The van der Waals surface area contributed by atoms with Crippen molar-refractivity contribution in [3.05, 3.63) is 35.5 Å². The molecule has 2 unspecified atom stereocenters. The normalized spacial score (nSPS) is 24.8. The van der Waals surface area contributed by atoms with Crippen molar-refractivity contribution in [1.29, 1.82) is 0 Å². The number of pyridine rings is 1. The minimum Gasteiger partial charge on any atom is -0.330 e. The first-order valence-corrected chi connectivity index (χ1v) is 10.5. The molecule has 134 valence electrons. The molecule has 1 fully saturated rings. The van der Waals surface area contributed by atoms with Crippen LogP contribution in [0, 0.1) is 5.92 Å². The number of carbonyl (C=O) groups excluding carboxylic acids is 1. The van der Waals surface area contributed by atoms with Crippen LogP contribution in [-0.4, -0.2) is 37.1 Å². The maximum absolute atomic E-state index is 13.2. The number of nitrogens with one attached hydrogen (secondary N) is 1. The Morgan fingerprint density at radius 3 is 2.96 bits per heavy atom. The van der Waals surface area contributed by atoms with E-state index in [9.17, 15) is 9.00 Å². The Balaban J connectivity index is 1.82. The van der Waals surface area contributed by atoms with Crippen LogP contribution in [-0.2, 0) is 9.73 Å². The van der Waals surface area contributed by atoms with Gasteiger partial charge in [-0.25, -0.2) is 14.2 Å². The zero-order chi connectivity index (χ0) is 18.1. The highest BCUT2D eigenvalue weighted by Gasteiger charge is 2.45. The van der Waals surface area contributed by atoms with Gasteiger partial charge in [0.15, 0.2) is 5.13 Å². The van der Waals surface area contributed by atoms with Crippen LogP contribution in [0.3, 0.4) is 0 Å². The summed E-state index contributed by atoms with van der Waals surface area (Å²) in [6, 6.07) is 5.47.